The molecule has 1 fully saturated rings. The van der Waals surface area contributed by atoms with Crippen LogP contribution >= 0.6 is 0 Å². The molecule has 0 aliphatic heterocycles. The van der Waals surface area contributed by atoms with Crippen LogP contribution < -0.4 is 5.32 Å². The zero-order valence-corrected chi connectivity index (χ0v) is 16.8. The largest absolute Gasteiger partial charge is 0.465 e. The lowest BCUT2D eigenvalue weighted by atomic mass is 9.72. The molecule has 0 bridgehead atoms. The highest BCUT2D eigenvalue weighted by atomic mass is 16.4. The Morgan fingerprint density at radius 3 is 2.35 bits per heavy atom. The molecule has 0 radical (unpaired) electrons. The first kappa shape index (κ1) is 19.0. The van der Waals surface area contributed by atoms with Gasteiger partial charge in [-0.25, -0.2) is 4.79 Å². The molecule has 0 saturated heterocycles. The Hall–Kier alpha value is -4.04. The average Bonchev–Trinajstić information content (AvgIpc) is 3.15. The van der Waals surface area contributed by atoms with Crippen LogP contribution in [0.1, 0.15) is 30.4 Å². The molecule has 1 saturated carbocycles. The zero-order chi connectivity index (χ0) is 21.4. The van der Waals surface area contributed by atoms with E-state index in [0.717, 1.165) is 58.2 Å². The first-order valence-corrected chi connectivity index (χ1v) is 10.2. The number of nitriles is 1. The maximum atomic E-state index is 11.3. The molecule has 31 heavy (non-hydrogen) atoms. The second-order valence-electron chi connectivity index (χ2n) is 7.94. The van der Waals surface area contributed by atoms with Crippen LogP contribution in [0.5, 0.6) is 0 Å². The van der Waals surface area contributed by atoms with Gasteiger partial charge in [-0.2, -0.15) is 5.26 Å². The molecular formula is C26H20N2O3. The predicted octanol–water partition coefficient (Wildman–Crippen LogP) is 6.29. The summed E-state index contributed by atoms with van der Waals surface area (Å²) in [5, 5.41) is 22.2. The maximum Gasteiger partial charge on any atom is 0.405 e. The molecule has 0 spiro atoms. The van der Waals surface area contributed by atoms with Crippen molar-refractivity contribution in [3.63, 3.8) is 0 Å². The number of hydrogen-bond acceptors (Lipinski definition) is 3. The van der Waals surface area contributed by atoms with Crippen molar-refractivity contribution in [1.82, 2.24) is 5.32 Å². The third-order valence-corrected chi connectivity index (χ3v) is 6.13. The SMILES string of the molecule is N#Cc1ccc2oc(-c3ccc(C4(NC(=O)O)CCC4)cc3)c(-c3ccccc3)c2c1. The highest BCUT2D eigenvalue weighted by Gasteiger charge is 2.40. The molecular weight excluding hydrogens is 388 g/mol. The molecule has 4 aromatic rings. The molecule has 1 aromatic heterocycles. The van der Waals surface area contributed by atoms with Crippen LogP contribution in [0.2, 0.25) is 0 Å². The number of benzene rings is 3. The summed E-state index contributed by atoms with van der Waals surface area (Å²) >= 11 is 0. The Balaban J connectivity index is 1.64. The van der Waals surface area contributed by atoms with Crippen LogP contribution in [0.3, 0.4) is 0 Å². The van der Waals surface area contributed by atoms with E-state index < -0.39 is 11.6 Å². The van der Waals surface area contributed by atoms with Crippen LogP contribution in [-0.4, -0.2) is 11.2 Å². The molecule has 2 N–H and O–H groups in total. The zero-order valence-electron chi connectivity index (χ0n) is 16.8. The van der Waals surface area contributed by atoms with Gasteiger partial charge in [0.1, 0.15) is 11.3 Å². The van der Waals surface area contributed by atoms with Gasteiger partial charge in [0.05, 0.1) is 17.2 Å². The van der Waals surface area contributed by atoms with Crippen LogP contribution in [0, 0.1) is 11.3 Å². The number of fused-ring (bicyclic) bond motifs is 1. The summed E-state index contributed by atoms with van der Waals surface area (Å²) in [7, 11) is 0. The van der Waals surface area contributed by atoms with E-state index in [2.05, 4.69) is 11.4 Å². The van der Waals surface area contributed by atoms with Crippen molar-refractivity contribution in [3.8, 4) is 28.5 Å². The minimum atomic E-state index is -0.999. The van der Waals surface area contributed by atoms with Crippen LogP contribution in [-0.2, 0) is 5.54 Å². The Kier molecular flexibility index (Phi) is 4.48. The predicted molar refractivity (Wildman–Crippen MR) is 118 cm³/mol. The van der Waals surface area contributed by atoms with Gasteiger partial charge in [-0.3, -0.25) is 0 Å². The summed E-state index contributed by atoms with van der Waals surface area (Å²) in [6.07, 6.45) is 1.61. The van der Waals surface area contributed by atoms with Crippen LogP contribution in [0.25, 0.3) is 33.4 Å². The molecule has 1 amide bonds. The molecule has 1 aliphatic carbocycles. The van der Waals surface area contributed by atoms with E-state index in [-0.39, 0.29) is 0 Å². The lowest BCUT2D eigenvalue weighted by Gasteiger charge is -2.42. The van der Waals surface area contributed by atoms with E-state index in [1.54, 1.807) is 6.07 Å². The van der Waals surface area contributed by atoms with Gasteiger partial charge < -0.3 is 14.8 Å². The Labute approximate surface area is 179 Å². The highest BCUT2D eigenvalue weighted by Crippen LogP contribution is 2.44. The minimum Gasteiger partial charge on any atom is -0.465 e. The molecule has 0 atom stereocenters. The fourth-order valence-corrected chi connectivity index (χ4v) is 4.42. The van der Waals surface area contributed by atoms with Crippen molar-refractivity contribution in [2.24, 2.45) is 0 Å². The lowest BCUT2D eigenvalue weighted by molar-refractivity contribution is 0.144. The Morgan fingerprint density at radius 2 is 1.74 bits per heavy atom. The number of carbonyl (C=O) groups is 1. The van der Waals surface area contributed by atoms with E-state index >= 15 is 0 Å². The number of nitrogens with zero attached hydrogens (tertiary/aromatic N) is 1. The number of nitrogens with one attached hydrogen (secondary N) is 1. The second kappa shape index (κ2) is 7.33. The first-order chi connectivity index (χ1) is 15.1. The third kappa shape index (κ3) is 3.23. The lowest BCUT2D eigenvalue weighted by Crippen LogP contribution is -2.50. The Morgan fingerprint density at radius 1 is 1.00 bits per heavy atom. The molecule has 5 heteroatoms. The molecule has 1 heterocycles. The van der Waals surface area contributed by atoms with Crippen molar-refractivity contribution >= 4 is 17.1 Å². The summed E-state index contributed by atoms with van der Waals surface area (Å²) in [5.74, 6) is 0.733. The number of furan rings is 1. The van der Waals surface area contributed by atoms with Crippen LogP contribution in [0.4, 0.5) is 4.79 Å². The van der Waals surface area contributed by atoms with E-state index in [4.69, 9.17) is 4.42 Å². The monoisotopic (exact) mass is 408 g/mol. The van der Waals surface area contributed by atoms with Gasteiger partial charge >= 0.3 is 6.09 Å². The average molecular weight is 408 g/mol. The smallest absolute Gasteiger partial charge is 0.405 e. The standard InChI is InChI=1S/C26H20N2O3/c27-16-17-7-12-22-21(15-17)23(18-5-2-1-3-6-18)24(31-22)19-8-10-20(11-9-19)26(13-4-14-26)28-25(29)30/h1-3,5-12,15,28H,4,13-14H2,(H,29,30). The van der Waals surface area contributed by atoms with Gasteiger partial charge in [-0.05, 0) is 48.6 Å². The topological polar surface area (TPSA) is 86.3 Å². The van der Waals surface area contributed by atoms with Crippen molar-refractivity contribution < 1.29 is 14.3 Å². The van der Waals surface area contributed by atoms with E-state index in [0.29, 0.717) is 5.56 Å². The summed E-state index contributed by atoms with van der Waals surface area (Å²) in [4.78, 5) is 11.3. The highest BCUT2D eigenvalue weighted by molar-refractivity contribution is 6.02. The summed E-state index contributed by atoms with van der Waals surface area (Å²) in [6, 6.07) is 25.6. The number of hydrogen-bond donors (Lipinski definition) is 2. The van der Waals surface area contributed by atoms with E-state index in [1.807, 2.05) is 66.7 Å². The number of carboxylic acid groups (broad SMARTS) is 1. The van der Waals surface area contributed by atoms with Crippen molar-refractivity contribution in [2.45, 2.75) is 24.8 Å². The molecule has 152 valence electrons. The Bertz CT molecular complexity index is 1310. The molecule has 3 aromatic carbocycles. The fourth-order valence-electron chi connectivity index (χ4n) is 4.42. The molecule has 0 unspecified atom stereocenters. The molecule has 5 nitrogen and oxygen atoms in total. The normalized spacial score (nSPS) is 14.5. The van der Waals surface area contributed by atoms with Crippen LogP contribution in [0.15, 0.2) is 77.2 Å². The number of amides is 1. The summed E-state index contributed by atoms with van der Waals surface area (Å²) < 4.78 is 6.25. The van der Waals surface area contributed by atoms with E-state index in [9.17, 15) is 15.2 Å². The van der Waals surface area contributed by atoms with Gasteiger partial charge in [0.2, 0.25) is 0 Å². The third-order valence-electron chi connectivity index (χ3n) is 6.13. The molecule has 5 rings (SSSR count). The maximum absolute atomic E-state index is 11.3. The van der Waals surface area contributed by atoms with Crippen molar-refractivity contribution in [1.29, 1.82) is 5.26 Å². The van der Waals surface area contributed by atoms with Gasteiger partial charge in [0.25, 0.3) is 0 Å². The van der Waals surface area contributed by atoms with E-state index in [1.165, 1.54) is 0 Å². The minimum absolute atomic E-state index is 0.498. The van der Waals surface area contributed by atoms with Gasteiger partial charge in [0.15, 0.2) is 0 Å². The fraction of sp³-hybridized carbons (Fsp3) is 0.154. The summed E-state index contributed by atoms with van der Waals surface area (Å²) in [5.41, 5.74) is 4.64. The quantitative estimate of drug-likeness (QED) is 0.416. The molecule has 1 aliphatic rings. The van der Waals surface area contributed by atoms with Gasteiger partial charge in [-0.1, -0.05) is 54.6 Å². The summed E-state index contributed by atoms with van der Waals surface area (Å²) in [6.45, 7) is 0. The first-order valence-electron chi connectivity index (χ1n) is 10.2. The van der Waals surface area contributed by atoms with Crippen molar-refractivity contribution in [2.75, 3.05) is 0 Å². The van der Waals surface area contributed by atoms with Crippen molar-refractivity contribution in [3.05, 3.63) is 83.9 Å². The van der Waals surface area contributed by atoms with Gasteiger partial charge in [-0.15, -0.1) is 0 Å². The van der Waals surface area contributed by atoms with Gasteiger partial charge in [0, 0.05) is 16.5 Å². The second-order valence-corrected chi connectivity index (χ2v) is 7.94. The number of rotatable bonds is 4.